The summed E-state index contributed by atoms with van der Waals surface area (Å²) in [6.07, 6.45) is 2.68. The summed E-state index contributed by atoms with van der Waals surface area (Å²) >= 11 is 0. The van der Waals surface area contributed by atoms with Crippen molar-refractivity contribution in [2.45, 2.75) is 59.4 Å². The highest BCUT2D eigenvalue weighted by Crippen LogP contribution is 2.23. The summed E-state index contributed by atoms with van der Waals surface area (Å²) in [5.41, 5.74) is 4.85. The molecule has 0 aliphatic carbocycles. The highest BCUT2D eigenvalue weighted by atomic mass is 16.2. The van der Waals surface area contributed by atoms with E-state index < -0.39 is 0 Å². The predicted octanol–water partition coefficient (Wildman–Crippen LogP) is 3.20. The van der Waals surface area contributed by atoms with E-state index >= 15 is 0 Å². The number of likely N-dealkylation sites (tertiary alicyclic amines) is 1. The van der Waals surface area contributed by atoms with E-state index in [0.29, 0.717) is 25.9 Å². The molecule has 2 aromatic heterocycles. The Morgan fingerprint density at radius 1 is 1.16 bits per heavy atom. The van der Waals surface area contributed by atoms with Crippen LogP contribution in [-0.2, 0) is 16.0 Å². The van der Waals surface area contributed by atoms with E-state index in [4.69, 9.17) is 10.1 Å². The highest BCUT2D eigenvalue weighted by molar-refractivity contribution is 5.92. The van der Waals surface area contributed by atoms with Gasteiger partial charge in [0.05, 0.1) is 5.52 Å². The molecule has 2 amide bonds. The molecule has 4 rings (SSSR count). The molecule has 3 aromatic rings. The molecule has 0 saturated carbocycles. The molecule has 1 saturated heterocycles. The van der Waals surface area contributed by atoms with E-state index in [1.165, 1.54) is 0 Å². The molecule has 0 spiro atoms. The van der Waals surface area contributed by atoms with Gasteiger partial charge in [0.15, 0.2) is 5.65 Å². The zero-order valence-corrected chi connectivity index (χ0v) is 18.8. The number of rotatable bonds is 5. The number of benzene rings is 1. The van der Waals surface area contributed by atoms with Crippen molar-refractivity contribution in [2.24, 2.45) is 5.92 Å². The smallest absolute Gasteiger partial charge is 0.225 e. The van der Waals surface area contributed by atoms with Gasteiger partial charge in [-0.15, -0.1) is 0 Å². The topological polar surface area (TPSA) is 79.6 Å². The van der Waals surface area contributed by atoms with Crippen molar-refractivity contribution in [1.29, 1.82) is 0 Å². The number of fused-ring (bicyclic) bond motifs is 3. The van der Waals surface area contributed by atoms with E-state index in [0.717, 1.165) is 46.3 Å². The summed E-state index contributed by atoms with van der Waals surface area (Å²) in [4.78, 5) is 31.4. The molecule has 1 fully saturated rings. The molecule has 1 aliphatic heterocycles. The van der Waals surface area contributed by atoms with Crippen molar-refractivity contribution in [2.75, 3.05) is 13.1 Å². The van der Waals surface area contributed by atoms with Crippen LogP contribution >= 0.6 is 0 Å². The van der Waals surface area contributed by atoms with Gasteiger partial charge in [-0.05, 0) is 50.8 Å². The second kappa shape index (κ2) is 8.65. The predicted molar refractivity (Wildman–Crippen MR) is 121 cm³/mol. The Labute approximate surface area is 182 Å². The van der Waals surface area contributed by atoms with Gasteiger partial charge in [0.2, 0.25) is 11.8 Å². The lowest BCUT2D eigenvalue weighted by atomic mass is 10.0. The zero-order valence-electron chi connectivity index (χ0n) is 18.8. The number of aryl methyl sites for hydroxylation is 2. The normalized spacial score (nSPS) is 15.2. The fraction of sp³-hybridized carbons (Fsp3) is 0.500. The molecular weight excluding hydrogens is 390 g/mol. The van der Waals surface area contributed by atoms with Crippen LogP contribution in [0.25, 0.3) is 16.6 Å². The minimum Gasteiger partial charge on any atom is -0.353 e. The fourth-order valence-electron chi connectivity index (χ4n) is 4.49. The number of carbonyl (C=O) groups excluding carboxylic acids is 2. The molecule has 7 heteroatoms. The van der Waals surface area contributed by atoms with Gasteiger partial charge in [-0.3, -0.25) is 9.59 Å². The molecule has 1 aliphatic rings. The second-order valence-corrected chi connectivity index (χ2v) is 8.84. The van der Waals surface area contributed by atoms with Crippen LogP contribution in [0, 0.1) is 19.8 Å². The van der Waals surface area contributed by atoms with Crippen molar-refractivity contribution in [1.82, 2.24) is 24.8 Å². The molecule has 164 valence electrons. The monoisotopic (exact) mass is 421 g/mol. The van der Waals surface area contributed by atoms with Gasteiger partial charge in [0.1, 0.15) is 0 Å². The Kier molecular flexibility index (Phi) is 5.94. The average molecular weight is 422 g/mol. The molecular formula is C24H31N5O2. The van der Waals surface area contributed by atoms with E-state index in [1.807, 2.05) is 61.4 Å². The largest absolute Gasteiger partial charge is 0.353 e. The lowest BCUT2D eigenvalue weighted by molar-refractivity contribution is -0.135. The van der Waals surface area contributed by atoms with Gasteiger partial charge in [-0.1, -0.05) is 26.0 Å². The summed E-state index contributed by atoms with van der Waals surface area (Å²) in [5, 5.41) is 8.89. The molecule has 31 heavy (non-hydrogen) atoms. The van der Waals surface area contributed by atoms with Crippen molar-refractivity contribution in [3.05, 3.63) is 41.2 Å². The number of nitrogens with one attached hydrogen (secondary N) is 1. The van der Waals surface area contributed by atoms with Crippen molar-refractivity contribution in [3.8, 4) is 0 Å². The van der Waals surface area contributed by atoms with Gasteiger partial charge < -0.3 is 10.2 Å². The van der Waals surface area contributed by atoms with Crippen molar-refractivity contribution >= 4 is 28.4 Å². The van der Waals surface area contributed by atoms with Gasteiger partial charge in [-0.2, -0.15) is 5.10 Å². The fourth-order valence-corrected chi connectivity index (χ4v) is 4.49. The first-order valence-electron chi connectivity index (χ1n) is 11.2. The Morgan fingerprint density at radius 3 is 2.58 bits per heavy atom. The maximum atomic E-state index is 12.6. The maximum Gasteiger partial charge on any atom is 0.225 e. The first kappa shape index (κ1) is 21.3. The Morgan fingerprint density at radius 2 is 1.87 bits per heavy atom. The molecule has 0 bridgehead atoms. The van der Waals surface area contributed by atoms with Crippen LogP contribution in [0.3, 0.4) is 0 Å². The Bertz CT molecular complexity index is 1130. The maximum absolute atomic E-state index is 12.6. The lowest BCUT2D eigenvalue weighted by Crippen LogP contribution is -2.47. The Hall–Kier alpha value is -2.96. The SMILES string of the molecule is Cc1nc2c3ccccc3nn2c(C)c1CCC(=O)NC1CCN(C(=O)C(C)C)CC1. The van der Waals surface area contributed by atoms with Crippen LogP contribution in [0.15, 0.2) is 24.3 Å². The van der Waals surface area contributed by atoms with Gasteiger partial charge in [-0.25, -0.2) is 9.50 Å². The molecule has 0 atom stereocenters. The standard InChI is InChI=1S/C24H31N5O2/c1-15(2)24(31)28-13-11-18(12-14-28)26-22(30)10-9-19-16(3)25-23-20-7-5-6-8-21(20)27-29(23)17(19)4/h5-8,15,18H,9-14H2,1-4H3,(H,26,30). The third-order valence-corrected chi connectivity index (χ3v) is 6.29. The summed E-state index contributed by atoms with van der Waals surface area (Å²) in [6, 6.07) is 8.15. The second-order valence-electron chi connectivity index (χ2n) is 8.84. The molecule has 3 heterocycles. The quantitative estimate of drug-likeness (QED) is 0.686. The van der Waals surface area contributed by atoms with Crippen LogP contribution in [0.2, 0.25) is 0 Å². The number of aromatic nitrogens is 3. The van der Waals surface area contributed by atoms with E-state index in [9.17, 15) is 9.59 Å². The van der Waals surface area contributed by atoms with Crippen LogP contribution in [-0.4, -0.2) is 50.4 Å². The molecule has 1 N–H and O–H groups in total. The van der Waals surface area contributed by atoms with Crippen molar-refractivity contribution < 1.29 is 9.59 Å². The molecule has 0 unspecified atom stereocenters. The van der Waals surface area contributed by atoms with E-state index in [1.54, 1.807) is 0 Å². The molecule has 0 radical (unpaired) electrons. The van der Waals surface area contributed by atoms with Gasteiger partial charge in [0, 0.05) is 48.2 Å². The number of hydrogen-bond acceptors (Lipinski definition) is 4. The number of hydrogen-bond donors (Lipinski definition) is 1. The number of amides is 2. The average Bonchev–Trinajstić information content (AvgIpc) is 3.12. The lowest BCUT2D eigenvalue weighted by Gasteiger charge is -2.33. The third kappa shape index (κ3) is 4.27. The first-order chi connectivity index (χ1) is 14.8. The summed E-state index contributed by atoms with van der Waals surface area (Å²) in [7, 11) is 0. The number of nitrogens with zero attached hydrogens (tertiary/aromatic N) is 4. The highest BCUT2D eigenvalue weighted by Gasteiger charge is 2.25. The third-order valence-electron chi connectivity index (χ3n) is 6.29. The minimum atomic E-state index is 0.0240. The van der Waals surface area contributed by atoms with Crippen LogP contribution in [0.4, 0.5) is 0 Å². The summed E-state index contributed by atoms with van der Waals surface area (Å²) < 4.78 is 1.90. The summed E-state index contributed by atoms with van der Waals surface area (Å²) in [6.45, 7) is 9.34. The summed E-state index contributed by atoms with van der Waals surface area (Å²) in [5.74, 6) is 0.277. The van der Waals surface area contributed by atoms with Gasteiger partial charge >= 0.3 is 0 Å². The van der Waals surface area contributed by atoms with Crippen LogP contribution < -0.4 is 5.32 Å². The molecule has 1 aromatic carbocycles. The first-order valence-corrected chi connectivity index (χ1v) is 11.2. The van der Waals surface area contributed by atoms with Crippen LogP contribution in [0.1, 0.15) is 50.1 Å². The Balaban J connectivity index is 1.39. The minimum absolute atomic E-state index is 0.0240. The number of carbonyl (C=O) groups is 2. The van der Waals surface area contributed by atoms with E-state index in [-0.39, 0.29) is 23.8 Å². The number of piperidine rings is 1. The molecule has 7 nitrogen and oxygen atoms in total. The zero-order chi connectivity index (χ0) is 22.1. The van der Waals surface area contributed by atoms with Crippen LogP contribution in [0.5, 0.6) is 0 Å². The van der Waals surface area contributed by atoms with E-state index in [2.05, 4.69) is 5.32 Å². The van der Waals surface area contributed by atoms with Crippen molar-refractivity contribution in [3.63, 3.8) is 0 Å². The van der Waals surface area contributed by atoms with Gasteiger partial charge in [0.25, 0.3) is 0 Å².